The Hall–Kier alpha value is -3.35. The van der Waals surface area contributed by atoms with Crippen LogP contribution in [0.3, 0.4) is 0 Å². The van der Waals surface area contributed by atoms with Crippen LogP contribution in [-0.4, -0.2) is 44.8 Å². The number of carbonyl (C=O) groups is 2. The molecule has 1 aromatic carbocycles. The van der Waals surface area contributed by atoms with E-state index in [0.29, 0.717) is 13.0 Å². The van der Waals surface area contributed by atoms with E-state index in [1.807, 2.05) is 0 Å². The Morgan fingerprint density at radius 3 is 2.80 bits per heavy atom. The zero-order valence-electron chi connectivity index (χ0n) is 15.6. The average molecular weight is 483 g/mol. The topological polar surface area (TPSA) is 145 Å². The molecule has 0 aliphatic heterocycles. The third-order valence-corrected chi connectivity index (χ3v) is 4.54. The number of likely N-dealkylation sites (N-methyl/N-ethyl adjacent to an activating group) is 1. The van der Waals surface area contributed by atoms with E-state index < -0.39 is 23.3 Å². The lowest BCUT2D eigenvalue weighted by molar-refractivity contribution is -0.137. The average Bonchev–Trinajstić information content (AvgIpc) is 3.33. The molecule has 0 fully saturated rings. The third kappa shape index (κ3) is 4.62. The minimum absolute atomic E-state index is 0.0133. The second-order valence-electron chi connectivity index (χ2n) is 5.98. The Balaban J connectivity index is 1.75. The van der Waals surface area contributed by atoms with Crippen LogP contribution in [-0.2, 0) is 9.59 Å². The SMILES string of the molecule is CCNC(=O)C(=O)CCCNc1nonc1-c1noc(=O)n1-c1ccc(F)c(Br)c1. The van der Waals surface area contributed by atoms with Gasteiger partial charge in [0.15, 0.2) is 5.69 Å². The largest absolute Gasteiger partial charge is 0.446 e. The van der Waals surface area contributed by atoms with Gasteiger partial charge in [-0.1, -0.05) is 5.16 Å². The molecule has 0 spiro atoms. The number of hydrogen-bond acceptors (Lipinski definition) is 9. The van der Waals surface area contributed by atoms with E-state index in [4.69, 9.17) is 9.15 Å². The molecule has 3 aromatic rings. The van der Waals surface area contributed by atoms with E-state index >= 15 is 0 Å². The Kier molecular flexibility index (Phi) is 6.72. The lowest BCUT2D eigenvalue weighted by atomic mass is 10.2. The van der Waals surface area contributed by atoms with Gasteiger partial charge >= 0.3 is 5.76 Å². The molecule has 2 N–H and O–H groups in total. The van der Waals surface area contributed by atoms with Crippen LogP contribution in [0.15, 0.2) is 36.6 Å². The first-order chi connectivity index (χ1) is 14.4. The summed E-state index contributed by atoms with van der Waals surface area (Å²) in [5.41, 5.74) is 0.363. The predicted octanol–water partition coefficient (Wildman–Crippen LogP) is 1.67. The molecule has 2 aromatic heterocycles. The highest BCUT2D eigenvalue weighted by Gasteiger charge is 2.23. The van der Waals surface area contributed by atoms with Crippen molar-refractivity contribution in [1.29, 1.82) is 0 Å². The van der Waals surface area contributed by atoms with Gasteiger partial charge in [0, 0.05) is 19.5 Å². The zero-order chi connectivity index (χ0) is 21.7. The maximum absolute atomic E-state index is 13.5. The van der Waals surface area contributed by atoms with Crippen LogP contribution < -0.4 is 16.4 Å². The summed E-state index contributed by atoms with van der Waals surface area (Å²) in [5.74, 6) is -2.32. The van der Waals surface area contributed by atoms with Gasteiger partial charge < -0.3 is 10.6 Å². The quantitative estimate of drug-likeness (QED) is 0.343. The van der Waals surface area contributed by atoms with Crippen molar-refractivity contribution in [2.45, 2.75) is 19.8 Å². The van der Waals surface area contributed by atoms with Crippen molar-refractivity contribution in [2.24, 2.45) is 0 Å². The summed E-state index contributed by atoms with van der Waals surface area (Å²) in [6, 6.07) is 3.93. The summed E-state index contributed by atoms with van der Waals surface area (Å²) >= 11 is 3.06. The minimum atomic E-state index is -0.815. The van der Waals surface area contributed by atoms with Gasteiger partial charge in [0.25, 0.3) is 5.91 Å². The van der Waals surface area contributed by atoms with Crippen LogP contribution >= 0.6 is 15.9 Å². The fourth-order valence-electron chi connectivity index (χ4n) is 2.53. The molecular weight excluding hydrogens is 467 g/mol. The summed E-state index contributed by atoms with van der Waals surface area (Å²) in [6.45, 7) is 2.37. The molecule has 11 nitrogen and oxygen atoms in total. The fourth-order valence-corrected chi connectivity index (χ4v) is 2.90. The van der Waals surface area contributed by atoms with Crippen LogP contribution in [0.25, 0.3) is 17.2 Å². The number of nitrogens with one attached hydrogen (secondary N) is 2. The van der Waals surface area contributed by atoms with Gasteiger partial charge in [-0.2, -0.15) is 0 Å². The number of aromatic nitrogens is 4. The van der Waals surface area contributed by atoms with Crippen molar-refractivity contribution in [2.75, 3.05) is 18.4 Å². The van der Waals surface area contributed by atoms with Crippen molar-refractivity contribution in [3.8, 4) is 17.2 Å². The van der Waals surface area contributed by atoms with Crippen molar-refractivity contribution in [1.82, 2.24) is 25.4 Å². The number of halogens is 2. The molecule has 0 aliphatic rings. The second-order valence-corrected chi connectivity index (χ2v) is 6.83. The highest BCUT2D eigenvalue weighted by molar-refractivity contribution is 9.10. The number of ketones is 1. The molecule has 0 radical (unpaired) electrons. The number of carbonyl (C=O) groups excluding carboxylic acids is 2. The first-order valence-electron chi connectivity index (χ1n) is 8.84. The van der Waals surface area contributed by atoms with Crippen molar-refractivity contribution in [3.05, 3.63) is 39.0 Å². The van der Waals surface area contributed by atoms with Gasteiger partial charge in [0.2, 0.25) is 17.4 Å². The van der Waals surface area contributed by atoms with E-state index in [1.54, 1.807) is 6.92 Å². The van der Waals surface area contributed by atoms with Crippen LogP contribution in [0.2, 0.25) is 0 Å². The molecule has 158 valence electrons. The lowest BCUT2D eigenvalue weighted by Crippen LogP contribution is -2.30. The van der Waals surface area contributed by atoms with Gasteiger partial charge in [-0.15, -0.1) is 0 Å². The standard InChI is InChI=1S/C17H16BrFN6O5/c1-2-20-16(27)12(26)4-3-7-21-14-13(22-30-23-14)15-24-29-17(28)25(15)9-5-6-11(19)10(18)8-9/h5-6,8H,2-4,7H2,1H3,(H,20,27)(H,21,23). The molecule has 0 atom stereocenters. The molecule has 0 saturated carbocycles. The fraction of sp³-hybridized carbons (Fsp3) is 0.294. The molecular formula is C17H16BrFN6O5. The van der Waals surface area contributed by atoms with Gasteiger partial charge in [-0.05, 0) is 57.8 Å². The summed E-state index contributed by atoms with van der Waals surface area (Å²) in [4.78, 5) is 35.2. The van der Waals surface area contributed by atoms with Gasteiger partial charge in [0.05, 0.1) is 10.2 Å². The molecule has 0 aliphatic carbocycles. The Morgan fingerprint density at radius 2 is 2.07 bits per heavy atom. The molecule has 0 saturated heterocycles. The number of benzene rings is 1. The summed E-state index contributed by atoms with van der Waals surface area (Å²) in [5, 5.41) is 16.5. The van der Waals surface area contributed by atoms with Crippen LogP contribution in [0.1, 0.15) is 19.8 Å². The second kappa shape index (κ2) is 9.43. The monoisotopic (exact) mass is 482 g/mol. The maximum atomic E-state index is 13.5. The van der Waals surface area contributed by atoms with Gasteiger partial charge in [-0.25, -0.2) is 18.4 Å². The van der Waals surface area contributed by atoms with Crippen molar-refractivity contribution >= 4 is 33.4 Å². The molecule has 30 heavy (non-hydrogen) atoms. The third-order valence-electron chi connectivity index (χ3n) is 3.93. The number of Topliss-reactive ketones (excluding diaryl/α,β-unsaturated/α-hetero) is 1. The molecule has 0 bridgehead atoms. The summed E-state index contributed by atoms with van der Waals surface area (Å²) < 4.78 is 24.2. The first kappa shape index (κ1) is 21.4. The number of nitrogens with zero attached hydrogens (tertiary/aromatic N) is 4. The Morgan fingerprint density at radius 1 is 1.27 bits per heavy atom. The van der Waals surface area contributed by atoms with Crippen molar-refractivity contribution in [3.63, 3.8) is 0 Å². The predicted molar refractivity (Wildman–Crippen MR) is 104 cm³/mol. The lowest BCUT2D eigenvalue weighted by Gasteiger charge is -2.06. The Bertz CT molecular complexity index is 1120. The maximum Gasteiger partial charge on any atom is 0.446 e. The number of anilines is 1. The normalized spacial score (nSPS) is 10.8. The molecule has 2 heterocycles. The first-order valence-corrected chi connectivity index (χ1v) is 9.63. The van der Waals surface area contributed by atoms with Crippen LogP contribution in [0.4, 0.5) is 10.2 Å². The van der Waals surface area contributed by atoms with Crippen molar-refractivity contribution < 1.29 is 23.1 Å². The highest BCUT2D eigenvalue weighted by atomic mass is 79.9. The van der Waals surface area contributed by atoms with E-state index in [2.05, 4.69) is 42.0 Å². The summed E-state index contributed by atoms with van der Waals surface area (Å²) in [6.07, 6.45) is 0.385. The number of rotatable bonds is 9. The summed E-state index contributed by atoms with van der Waals surface area (Å²) in [7, 11) is 0. The van der Waals surface area contributed by atoms with E-state index in [9.17, 15) is 18.8 Å². The van der Waals surface area contributed by atoms with E-state index in [1.165, 1.54) is 18.2 Å². The molecule has 0 unspecified atom stereocenters. The molecule has 1 amide bonds. The smallest absolute Gasteiger partial charge is 0.365 e. The van der Waals surface area contributed by atoms with Gasteiger partial charge in [0.1, 0.15) is 5.82 Å². The molecule has 13 heteroatoms. The van der Waals surface area contributed by atoms with Gasteiger partial charge in [-0.3, -0.25) is 14.1 Å². The highest BCUT2D eigenvalue weighted by Crippen LogP contribution is 2.26. The van der Waals surface area contributed by atoms with Crippen LogP contribution in [0.5, 0.6) is 0 Å². The molecule has 3 rings (SSSR count). The van der Waals surface area contributed by atoms with E-state index in [0.717, 1.165) is 4.57 Å². The van der Waals surface area contributed by atoms with Crippen LogP contribution in [0, 0.1) is 5.82 Å². The number of hydrogen-bond donors (Lipinski definition) is 2. The zero-order valence-corrected chi connectivity index (χ0v) is 17.2. The Labute approximate surface area is 176 Å². The minimum Gasteiger partial charge on any atom is -0.365 e. The van der Waals surface area contributed by atoms with E-state index in [-0.39, 0.29) is 40.5 Å². The number of amides is 1.